The molecule has 106 valence electrons. The summed E-state index contributed by atoms with van der Waals surface area (Å²) < 4.78 is 0. The van der Waals surface area contributed by atoms with Crippen molar-refractivity contribution in [1.82, 2.24) is 0 Å². The molecule has 2 rings (SSSR count). The fourth-order valence-corrected chi connectivity index (χ4v) is 3.81. The smallest absolute Gasteiger partial charge is 0.0415 e. The van der Waals surface area contributed by atoms with E-state index in [1.165, 1.54) is 36.0 Å². The molecule has 1 saturated carbocycles. The summed E-state index contributed by atoms with van der Waals surface area (Å²) >= 11 is 0. The first-order valence-electron chi connectivity index (χ1n) is 7.77. The van der Waals surface area contributed by atoms with Crippen LogP contribution in [0, 0.1) is 25.7 Å². The van der Waals surface area contributed by atoms with E-state index in [0.717, 1.165) is 24.7 Å². The van der Waals surface area contributed by atoms with Gasteiger partial charge in [-0.1, -0.05) is 50.5 Å². The van der Waals surface area contributed by atoms with E-state index in [4.69, 9.17) is 5.73 Å². The summed E-state index contributed by atoms with van der Waals surface area (Å²) in [6.45, 7) is 9.02. The molecule has 0 spiro atoms. The van der Waals surface area contributed by atoms with Gasteiger partial charge in [0.1, 0.15) is 0 Å². The molecule has 0 amide bonds. The predicted molar refractivity (Wildman–Crippen MR) is 83.2 cm³/mol. The Labute approximate surface area is 118 Å². The Morgan fingerprint density at radius 3 is 2.74 bits per heavy atom. The monoisotopic (exact) mass is 259 g/mol. The fourth-order valence-electron chi connectivity index (χ4n) is 3.81. The quantitative estimate of drug-likeness (QED) is 0.837. The molecule has 2 N–H and O–H groups in total. The molecule has 0 aliphatic heterocycles. The van der Waals surface area contributed by atoms with E-state index in [2.05, 4.69) is 45.9 Å². The first-order valence-corrected chi connectivity index (χ1v) is 7.77. The average molecular weight is 259 g/mol. The van der Waals surface area contributed by atoms with Gasteiger partial charge in [0.2, 0.25) is 0 Å². The number of hydrogen-bond donors (Lipinski definition) is 1. The summed E-state index contributed by atoms with van der Waals surface area (Å²) in [5.74, 6) is 1.59. The zero-order chi connectivity index (χ0) is 14.0. The molecule has 1 heteroatoms. The van der Waals surface area contributed by atoms with Crippen molar-refractivity contribution in [3.8, 4) is 0 Å². The zero-order valence-corrected chi connectivity index (χ0v) is 13.0. The molecule has 1 aromatic rings. The molecular formula is C18H29N. The molecule has 1 aliphatic rings. The Morgan fingerprint density at radius 2 is 2.05 bits per heavy atom. The van der Waals surface area contributed by atoms with Gasteiger partial charge < -0.3 is 5.73 Å². The van der Waals surface area contributed by atoms with E-state index in [9.17, 15) is 0 Å². The van der Waals surface area contributed by atoms with Crippen LogP contribution in [0.25, 0.3) is 0 Å². The summed E-state index contributed by atoms with van der Waals surface area (Å²) in [4.78, 5) is 0. The van der Waals surface area contributed by atoms with Gasteiger partial charge >= 0.3 is 0 Å². The van der Waals surface area contributed by atoms with Crippen LogP contribution < -0.4 is 5.73 Å². The van der Waals surface area contributed by atoms with Gasteiger partial charge in [0.05, 0.1) is 0 Å². The van der Waals surface area contributed by atoms with Gasteiger partial charge in [0.15, 0.2) is 0 Å². The number of nitrogens with two attached hydrogens (primary N) is 1. The SMILES string of the molecule is Cc1ccc(C)c(C2(N)CCCC(CC(C)C)C2)c1. The van der Waals surface area contributed by atoms with Crippen LogP contribution in [0.2, 0.25) is 0 Å². The maximum atomic E-state index is 6.82. The van der Waals surface area contributed by atoms with Gasteiger partial charge in [-0.2, -0.15) is 0 Å². The summed E-state index contributed by atoms with van der Waals surface area (Å²) in [6.07, 6.45) is 6.27. The van der Waals surface area contributed by atoms with Crippen LogP contribution in [-0.4, -0.2) is 0 Å². The number of hydrogen-bond acceptors (Lipinski definition) is 1. The highest BCUT2D eigenvalue weighted by molar-refractivity contribution is 5.36. The second-order valence-corrected chi connectivity index (χ2v) is 7.07. The van der Waals surface area contributed by atoms with E-state index in [-0.39, 0.29) is 5.54 Å². The van der Waals surface area contributed by atoms with Crippen LogP contribution in [-0.2, 0) is 5.54 Å². The largest absolute Gasteiger partial charge is 0.321 e. The predicted octanol–water partition coefficient (Wildman–Crippen LogP) is 4.69. The fraction of sp³-hybridized carbons (Fsp3) is 0.667. The minimum Gasteiger partial charge on any atom is -0.321 e. The number of aryl methyl sites for hydroxylation is 2. The molecular weight excluding hydrogens is 230 g/mol. The van der Waals surface area contributed by atoms with Crippen molar-refractivity contribution in [3.05, 3.63) is 34.9 Å². The van der Waals surface area contributed by atoms with E-state index in [0.29, 0.717) is 0 Å². The Kier molecular flexibility index (Phi) is 4.35. The van der Waals surface area contributed by atoms with Crippen LogP contribution >= 0.6 is 0 Å². The first-order chi connectivity index (χ1) is 8.90. The third-order valence-electron chi connectivity index (χ3n) is 4.62. The third kappa shape index (κ3) is 3.39. The highest BCUT2D eigenvalue weighted by Gasteiger charge is 2.35. The highest BCUT2D eigenvalue weighted by atomic mass is 14.8. The van der Waals surface area contributed by atoms with Crippen LogP contribution in [0.5, 0.6) is 0 Å². The van der Waals surface area contributed by atoms with E-state index < -0.39 is 0 Å². The topological polar surface area (TPSA) is 26.0 Å². The second-order valence-electron chi connectivity index (χ2n) is 7.07. The van der Waals surface area contributed by atoms with Crippen molar-refractivity contribution in [2.45, 2.75) is 65.3 Å². The van der Waals surface area contributed by atoms with Crippen molar-refractivity contribution >= 4 is 0 Å². The minimum atomic E-state index is -0.0894. The second kappa shape index (κ2) is 5.66. The molecule has 0 saturated heterocycles. The van der Waals surface area contributed by atoms with Crippen molar-refractivity contribution in [3.63, 3.8) is 0 Å². The third-order valence-corrected chi connectivity index (χ3v) is 4.62. The molecule has 1 fully saturated rings. The molecule has 1 nitrogen and oxygen atoms in total. The van der Waals surface area contributed by atoms with Crippen LogP contribution in [0.1, 0.15) is 62.6 Å². The first kappa shape index (κ1) is 14.6. The lowest BCUT2D eigenvalue weighted by Gasteiger charge is -2.40. The molecule has 2 atom stereocenters. The molecule has 1 aliphatic carbocycles. The van der Waals surface area contributed by atoms with Crippen molar-refractivity contribution < 1.29 is 0 Å². The lowest BCUT2D eigenvalue weighted by atomic mass is 9.69. The molecule has 0 bridgehead atoms. The van der Waals surface area contributed by atoms with Crippen LogP contribution in [0.3, 0.4) is 0 Å². The Balaban J connectivity index is 2.23. The van der Waals surface area contributed by atoms with Gasteiger partial charge in [-0.25, -0.2) is 0 Å². The standard InChI is InChI=1S/C18H29N/c1-13(2)10-16-6-5-9-18(19,12-16)17-11-14(3)7-8-15(17)4/h7-8,11,13,16H,5-6,9-10,12,19H2,1-4H3. The maximum Gasteiger partial charge on any atom is 0.0415 e. The lowest BCUT2D eigenvalue weighted by Crippen LogP contribution is -2.42. The van der Waals surface area contributed by atoms with Crippen LogP contribution in [0.15, 0.2) is 18.2 Å². The van der Waals surface area contributed by atoms with Crippen LogP contribution in [0.4, 0.5) is 0 Å². The Hall–Kier alpha value is -0.820. The molecule has 19 heavy (non-hydrogen) atoms. The van der Waals surface area contributed by atoms with Crippen molar-refractivity contribution in [2.24, 2.45) is 17.6 Å². The average Bonchev–Trinajstić information content (AvgIpc) is 2.31. The van der Waals surface area contributed by atoms with Gasteiger partial charge in [-0.15, -0.1) is 0 Å². The van der Waals surface area contributed by atoms with E-state index in [1.54, 1.807) is 0 Å². The normalized spacial score (nSPS) is 27.8. The summed E-state index contributed by atoms with van der Waals surface area (Å²) in [5.41, 5.74) is 10.8. The molecule has 0 radical (unpaired) electrons. The summed E-state index contributed by atoms with van der Waals surface area (Å²) in [5, 5.41) is 0. The van der Waals surface area contributed by atoms with E-state index in [1.807, 2.05) is 0 Å². The lowest BCUT2D eigenvalue weighted by molar-refractivity contribution is 0.202. The van der Waals surface area contributed by atoms with Crippen molar-refractivity contribution in [2.75, 3.05) is 0 Å². The maximum absolute atomic E-state index is 6.82. The zero-order valence-electron chi connectivity index (χ0n) is 13.0. The molecule has 2 unspecified atom stereocenters. The van der Waals surface area contributed by atoms with Crippen molar-refractivity contribution in [1.29, 1.82) is 0 Å². The summed E-state index contributed by atoms with van der Waals surface area (Å²) in [7, 11) is 0. The van der Waals surface area contributed by atoms with Gasteiger partial charge in [-0.05, 0) is 56.1 Å². The Bertz CT molecular complexity index is 435. The summed E-state index contributed by atoms with van der Waals surface area (Å²) in [6, 6.07) is 6.73. The molecule has 0 heterocycles. The highest BCUT2D eigenvalue weighted by Crippen LogP contribution is 2.41. The molecule has 0 aromatic heterocycles. The minimum absolute atomic E-state index is 0.0894. The number of rotatable bonds is 3. The van der Waals surface area contributed by atoms with E-state index >= 15 is 0 Å². The van der Waals surface area contributed by atoms with Gasteiger partial charge in [0, 0.05) is 5.54 Å². The van der Waals surface area contributed by atoms with Gasteiger partial charge in [0.25, 0.3) is 0 Å². The number of benzene rings is 1. The Morgan fingerprint density at radius 1 is 1.32 bits per heavy atom. The molecule has 1 aromatic carbocycles. The van der Waals surface area contributed by atoms with Gasteiger partial charge in [-0.3, -0.25) is 0 Å².